The van der Waals surface area contributed by atoms with Crippen LogP contribution in [0.3, 0.4) is 0 Å². The molecular weight excluding hydrogens is 313 g/mol. The van der Waals surface area contributed by atoms with Gasteiger partial charge in [-0.05, 0) is 19.1 Å². The van der Waals surface area contributed by atoms with Crippen molar-refractivity contribution >= 4 is 44.8 Å². The number of nitrogens with two attached hydrogens (primary N) is 1. The molecule has 0 aliphatic carbocycles. The average molecular weight is 326 g/mol. The smallest absolute Gasteiger partial charge is 0.244 e. The minimum Gasteiger partial charge on any atom is -0.399 e. The Hall–Kier alpha value is -1.02. The van der Waals surface area contributed by atoms with E-state index in [-0.39, 0.29) is 20.6 Å². The van der Waals surface area contributed by atoms with E-state index in [1.165, 1.54) is 12.1 Å². The van der Waals surface area contributed by atoms with Crippen molar-refractivity contribution in [3.63, 3.8) is 0 Å². The first-order chi connectivity index (χ1) is 8.77. The maximum atomic E-state index is 12.0. The fourth-order valence-electron chi connectivity index (χ4n) is 1.33. The zero-order valence-corrected chi connectivity index (χ0v) is 12.4. The Bertz CT molecular complexity index is 567. The molecular formula is C10H13Cl2N3O3S. The molecule has 0 heterocycles. The summed E-state index contributed by atoms with van der Waals surface area (Å²) in [7, 11) is -3.98. The van der Waals surface area contributed by atoms with E-state index in [4.69, 9.17) is 28.9 Å². The number of sulfonamides is 1. The number of anilines is 1. The van der Waals surface area contributed by atoms with Crippen LogP contribution in [-0.4, -0.2) is 27.4 Å². The highest BCUT2D eigenvalue weighted by atomic mass is 35.5. The number of rotatable bonds is 5. The third-order valence-corrected chi connectivity index (χ3v) is 4.41. The largest absolute Gasteiger partial charge is 0.399 e. The van der Waals surface area contributed by atoms with Crippen LogP contribution < -0.4 is 15.8 Å². The Kier molecular flexibility index (Phi) is 5.42. The minimum absolute atomic E-state index is 0.103. The fourth-order valence-corrected chi connectivity index (χ4v) is 3.54. The normalized spacial score (nSPS) is 11.3. The molecule has 1 amide bonds. The SMILES string of the molecule is CCNC(=O)CNS(=O)(=O)c1c(Cl)cc(N)cc1Cl. The molecule has 1 aromatic carbocycles. The second-order valence-corrected chi connectivity index (χ2v) is 6.11. The molecule has 0 saturated carbocycles. The molecule has 0 atom stereocenters. The van der Waals surface area contributed by atoms with E-state index in [0.717, 1.165) is 0 Å². The lowest BCUT2D eigenvalue weighted by molar-refractivity contribution is -0.119. The highest BCUT2D eigenvalue weighted by Crippen LogP contribution is 2.31. The van der Waals surface area contributed by atoms with E-state index in [2.05, 4.69) is 10.0 Å². The van der Waals surface area contributed by atoms with Gasteiger partial charge in [0.25, 0.3) is 0 Å². The van der Waals surface area contributed by atoms with Crippen molar-refractivity contribution in [1.82, 2.24) is 10.0 Å². The predicted molar refractivity (Wildman–Crippen MR) is 74.7 cm³/mol. The van der Waals surface area contributed by atoms with Gasteiger partial charge in [0.1, 0.15) is 4.90 Å². The van der Waals surface area contributed by atoms with Crippen molar-refractivity contribution in [3.05, 3.63) is 22.2 Å². The van der Waals surface area contributed by atoms with Gasteiger partial charge < -0.3 is 11.1 Å². The van der Waals surface area contributed by atoms with Gasteiger partial charge in [-0.1, -0.05) is 23.2 Å². The number of nitrogens with one attached hydrogen (secondary N) is 2. The van der Waals surface area contributed by atoms with Gasteiger partial charge >= 0.3 is 0 Å². The van der Waals surface area contributed by atoms with E-state index >= 15 is 0 Å². The lowest BCUT2D eigenvalue weighted by atomic mass is 10.3. The zero-order valence-electron chi connectivity index (χ0n) is 10.0. The van der Waals surface area contributed by atoms with Gasteiger partial charge in [0, 0.05) is 12.2 Å². The number of hydrogen-bond donors (Lipinski definition) is 3. The van der Waals surface area contributed by atoms with Crippen LogP contribution in [0.4, 0.5) is 5.69 Å². The topological polar surface area (TPSA) is 101 Å². The monoisotopic (exact) mass is 325 g/mol. The molecule has 0 unspecified atom stereocenters. The Morgan fingerprint density at radius 1 is 1.32 bits per heavy atom. The Morgan fingerprint density at radius 2 is 1.84 bits per heavy atom. The number of likely N-dealkylation sites (N-methyl/N-ethyl adjacent to an activating group) is 1. The van der Waals surface area contributed by atoms with Crippen LogP contribution in [-0.2, 0) is 14.8 Å². The molecule has 0 saturated heterocycles. The number of hydrogen-bond acceptors (Lipinski definition) is 4. The van der Waals surface area contributed by atoms with Gasteiger partial charge in [0.15, 0.2) is 0 Å². The highest BCUT2D eigenvalue weighted by Gasteiger charge is 2.22. The third kappa shape index (κ3) is 4.24. The quantitative estimate of drug-likeness (QED) is 0.702. The van der Waals surface area contributed by atoms with E-state index in [1.807, 2.05) is 0 Å². The van der Waals surface area contributed by atoms with Crippen LogP contribution >= 0.6 is 23.2 Å². The summed E-state index contributed by atoms with van der Waals surface area (Å²) in [4.78, 5) is 10.9. The zero-order chi connectivity index (χ0) is 14.6. The summed E-state index contributed by atoms with van der Waals surface area (Å²) in [5.41, 5.74) is 5.73. The second kappa shape index (κ2) is 6.42. The number of nitrogen functional groups attached to an aromatic ring is 1. The second-order valence-electron chi connectivity index (χ2n) is 3.59. The lowest BCUT2D eigenvalue weighted by Gasteiger charge is -2.10. The van der Waals surface area contributed by atoms with Gasteiger partial charge in [-0.2, -0.15) is 0 Å². The summed E-state index contributed by atoms with van der Waals surface area (Å²) in [6, 6.07) is 2.54. The lowest BCUT2D eigenvalue weighted by Crippen LogP contribution is -2.36. The summed E-state index contributed by atoms with van der Waals surface area (Å²) in [6.07, 6.45) is 0. The molecule has 0 aliphatic rings. The molecule has 0 aromatic heterocycles. The maximum Gasteiger partial charge on any atom is 0.244 e. The van der Waals surface area contributed by atoms with Crippen molar-refractivity contribution < 1.29 is 13.2 Å². The highest BCUT2D eigenvalue weighted by molar-refractivity contribution is 7.89. The molecule has 0 spiro atoms. The van der Waals surface area contributed by atoms with Crippen molar-refractivity contribution in [2.24, 2.45) is 0 Å². The first-order valence-electron chi connectivity index (χ1n) is 5.28. The maximum absolute atomic E-state index is 12.0. The van der Waals surface area contributed by atoms with Crippen molar-refractivity contribution in [3.8, 4) is 0 Å². The standard InChI is InChI=1S/C10H13Cl2N3O3S/c1-2-14-9(16)5-15-19(17,18)10-7(11)3-6(13)4-8(10)12/h3-4,15H,2,5,13H2,1H3,(H,14,16). The molecule has 0 bridgehead atoms. The van der Waals surface area contributed by atoms with E-state index in [9.17, 15) is 13.2 Å². The molecule has 9 heteroatoms. The van der Waals surface area contributed by atoms with Crippen molar-refractivity contribution in [1.29, 1.82) is 0 Å². The average Bonchev–Trinajstić information content (AvgIpc) is 2.25. The summed E-state index contributed by atoms with van der Waals surface area (Å²) in [5, 5.41) is 2.25. The molecule has 19 heavy (non-hydrogen) atoms. The molecule has 106 valence electrons. The third-order valence-electron chi connectivity index (χ3n) is 2.09. The number of carbonyl (C=O) groups is 1. The molecule has 1 aromatic rings. The Balaban J connectivity index is 2.98. The van der Waals surface area contributed by atoms with Crippen molar-refractivity contribution in [2.45, 2.75) is 11.8 Å². The number of halogens is 2. The number of carbonyl (C=O) groups excluding carboxylic acids is 1. The number of amides is 1. The molecule has 1 rings (SSSR count). The van der Waals surface area contributed by atoms with Gasteiger partial charge in [-0.15, -0.1) is 0 Å². The Labute approximate surface area is 121 Å². The summed E-state index contributed by atoms with van der Waals surface area (Å²) in [5.74, 6) is -0.450. The Morgan fingerprint density at radius 3 is 2.32 bits per heavy atom. The molecule has 4 N–H and O–H groups in total. The van der Waals surface area contributed by atoms with E-state index in [0.29, 0.717) is 6.54 Å². The summed E-state index contributed by atoms with van der Waals surface area (Å²) >= 11 is 11.6. The summed E-state index contributed by atoms with van der Waals surface area (Å²) < 4.78 is 26.1. The number of benzene rings is 1. The van der Waals surface area contributed by atoms with Gasteiger partial charge in [-0.25, -0.2) is 13.1 Å². The first kappa shape index (κ1) is 16.0. The van der Waals surface area contributed by atoms with Gasteiger partial charge in [0.2, 0.25) is 15.9 Å². The van der Waals surface area contributed by atoms with Crippen molar-refractivity contribution in [2.75, 3.05) is 18.8 Å². The van der Waals surface area contributed by atoms with Gasteiger partial charge in [0.05, 0.1) is 16.6 Å². The molecule has 0 aliphatic heterocycles. The molecule has 0 fully saturated rings. The molecule has 6 nitrogen and oxygen atoms in total. The first-order valence-corrected chi connectivity index (χ1v) is 7.52. The fraction of sp³-hybridized carbons (Fsp3) is 0.300. The van der Waals surface area contributed by atoms with Crippen LogP contribution in [0.1, 0.15) is 6.92 Å². The van der Waals surface area contributed by atoms with Gasteiger partial charge in [-0.3, -0.25) is 4.79 Å². The van der Waals surface area contributed by atoms with Crippen LogP contribution in [0.15, 0.2) is 17.0 Å². The van der Waals surface area contributed by atoms with Crippen LogP contribution in [0.2, 0.25) is 10.0 Å². The van der Waals surface area contributed by atoms with E-state index in [1.54, 1.807) is 6.92 Å². The van der Waals surface area contributed by atoms with E-state index < -0.39 is 22.5 Å². The minimum atomic E-state index is -3.98. The van der Waals surface area contributed by atoms with Crippen LogP contribution in [0.25, 0.3) is 0 Å². The predicted octanol–water partition coefficient (Wildman–Crippen LogP) is 0.990. The molecule has 0 radical (unpaired) electrons. The summed E-state index contributed by atoms with van der Waals surface area (Å²) in [6.45, 7) is 1.73. The van der Waals surface area contributed by atoms with Crippen LogP contribution in [0.5, 0.6) is 0 Å². The van der Waals surface area contributed by atoms with Crippen LogP contribution in [0, 0.1) is 0 Å².